The molecule has 5 heteroatoms. The van der Waals surface area contributed by atoms with Crippen LogP contribution in [0.2, 0.25) is 5.02 Å². The van der Waals surface area contributed by atoms with E-state index >= 15 is 0 Å². The van der Waals surface area contributed by atoms with Crippen LogP contribution in [0.4, 0.5) is 0 Å². The minimum Gasteiger partial charge on any atom is -0.481 e. The fourth-order valence-corrected chi connectivity index (χ4v) is 2.38. The lowest BCUT2D eigenvalue weighted by atomic mass is 10.1. The van der Waals surface area contributed by atoms with Gasteiger partial charge < -0.3 is 9.51 Å². The van der Waals surface area contributed by atoms with Crippen LogP contribution in [0.3, 0.4) is 0 Å². The molecule has 0 aliphatic rings. The highest BCUT2D eigenvalue weighted by atomic mass is 35.5. The minimum absolute atomic E-state index is 0.0472. The van der Waals surface area contributed by atoms with Gasteiger partial charge in [-0.25, -0.2) is 4.98 Å². The zero-order valence-corrected chi connectivity index (χ0v) is 11.3. The molecule has 2 rings (SSSR count). The number of halogens is 1. The summed E-state index contributed by atoms with van der Waals surface area (Å²) in [4.78, 5) is 15.5. The third-order valence-electron chi connectivity index (χ3n) is 2.87. The molecule has 0 aromatic carbocycles. The number of aromatic nitrogens is 2. The Labute approximate surface area is 110 Å². The Kier molecular flexibility index (Phi) is 3.30. The Balaban J connectivity index is 2.76. The van der Waals surface area contributed by atoms with Gasteiger partial charge in [-0.15, -0.1) is 0 Å². The number of carbonyl (C=O) groups is 1. The summed E-state index contributed by atoms with van der Waals surface area (Å²) in [7, 11) is 0. The van der Waals surface area contributed by atoms with E-state index < -0.39 is 5.97 Å². The number of nitrogens with zero attached hydrogens (tertiary/aromatic N) is 2. The maximum Gasteiger partial charge on any atom is 0.309 e. The molecule has 0 aliphatic carbocycles. The Bertz CT molecular complexity index is 617. The van der Waals surface area contributed by atoms with Gasteiger partial charge in [-0.1, -0.05) is 25.4 Å². The summed E-state index contributed by atoms with van der Waals surface area (Å²) in [5.41, 5.74) is 3.25. The van der Waals surface area contributed by atoms with Crippen molar-refractivity contribution in [1.29, 1.82) is 0 Å². The highest BCUT2D eigenvalue weighted by Gasteiger charge is 2.18. The van der Waals surface area contributed by atoms with Crippen LogP contribution in [0.5, 0.6) is 0 Å². The van der Waals surface area contributed by atoms with E-state index in [1.54, 1.807) is 10.6 Å². The van der Waals surface area contributed by atoms with Crippen molar-refractivity contribution in [2.75, 3.05) is 0 Å². The zero-order chi connectivity index (χ0) is 13.4. The van der Waals surface area contributed by atoms with Crippen molar-refractivity contribution in [3.05, 3.63) is 34.2 Å². The molecule has 0 radical (unpaired) electrons. The molecule has 1 N–H and O–H groups in total. The van der Waals surface area contributed by atoms with Crippen LogP contribution in [0.15, 0.2) is 12.3 Å². The number of pyridine rings is 1. The molecular formula is C13H15ClN2O2. The predicted octanol–water partition coefficient (Wildman–Crippen LogP) is 3.05. The van der Waals surface area contributed by atoms with Crippen LogP contribution in [-0.4, -0.2) is 20.5 Å². The molecular weight excluding hydrogens is 252 g/mol. The standard InChI is InChI=1S/C13H15ClN2O2/c1-7(2)12-10(5-11(17)18)16-6-9(14)4-8(3)13(16)15-12/h4,6-7H,5H2,1-3H3,(H,17,18). The number of aryl methyl sites for hydroxylation is 1. The van der Waals surface area contributed by atoms with Gasteiger partial charge in [0.15, 0.2) is 0 Å². The molecule has 18 heavy (non-hydrogen) atoms. The van der Waals surface area contributed by atoms with Crippen molar-refractivity contribution in [3.63, 3.8) is 0 Å². The molecule has 96 valence electrons. The monoisotopic (exact) mass is 266 g/mol. The van der Waals surface area contributed by atoms with Crippen molar-refractivity contribution in [1.82, 2.24) is 9.38 Å². The zero-order valence-electron chi connectivity index (χ0n) is 10.6. The number of aliphatic carboxylic acids is 1. The first kappa shape index (κ1) is 12.9. The minimum atomic E-state index is -0.865. The molecule has 0 amide bonds. The second-order valence-electron chi connectivity index (χ2n) is 4.70. The maximum absolute atomic E-state index is 11.0. The quantitative estimate of drug-likeness (QED) is 0.929. The molecule has 0 bridgehead atoms. The molecule has 2 heterocycles. The van der Waals surface area contributed by atoms with E-state index in [2.05, 4.69) is 4.98 Å². The van der Waals surface area contributed by atoms with Crippen molar-refractivity contribution in [3.8, 4) is 0 Å². The summed E-state index contributed by atoms with van der Waals surface area (Å²) in [6.07, 6.45) is 1.68. The largest absolute Gasteiger partial charge is 0.481 e. The molecule has 4 nitrogen and oxygen atoms in total. The fraction of sp³-hybridized carbons (Fsp3) is 0.385. The van der Waals surface area contributed by atoms with Gasteiger partial charge in [0, 0.05) is 6.20 Å². The van der Waals surface area contributed by atoms with Gasteiger partial charge in [0.25, 0.3) is 0 Å². The van der Waals surface area contributed by atoms with E-state index in [0.717, 1.165) is 16.9 Å². The smallest absolute Gasteiger partial charge is 0.309 e. The number of fused-ring (bicyclic) bond motifs is 1. The summed E-state index contributed by atoms with van der Waals surface area (Å²) in [5.74, 6) is -0.686. The SMILES string of the molecule is Cc1cc(Cl)cn2c(CC(=O)O)c(C(C)C)nc12. The Morgan fingerprint density at radius 2 is 2.22 bits per heavy atom. The lowest BCUT2D eigenvalue weighted by molar-refractivity contribution is -0.136. The van der Waals surface area contributed by atoms with Gasteiger partial charge in [0.05, 0.1) is 22.8 Å². The van der Waals surface area contributed by atoms with Gasteiger partial charge in [-0.3, -0.25) is 4.79 Å². The lowest BCUT2D eigenvalue weighted by Crippen LogP contribution is -2.07. The first-order valence-electron chi connectivity index (χ1n) is 5.79. The Hall–Kier alpha value is -1.55. The number of carboxylic acid groups (broad SMARTS) is 1. The van der Waals surface area contributed by atoms with E-state index in [4.69, 9.17) is 16.7 Å². The fourth-order valence-electron chi connectivity index (χ4n) is 2.11. The Morgan fingerprint density at radius 1 is 1.56 bits per heavy atom. The molecule has 2 aromatic heterocycles. The number of rotatable bonds is 3. The van der Waals surface area contributed by atoms with Crippen molar-refractivity contribution in [2.45, 2.75) is 33.1 Å². The summed E-state index contributed by atoms with van der Waals surface area (Å²) >= 11 is 6.03. The highest BCUT2D eigenvalue weighted by Crippen LogP contribution is 2.25. The van der Waals surface area contributed by atoms with E-state index in [9.17, 15) is 4.79 Å². The van der Waals surface area contributed by atoms with Gasteiger partial charge in [0.2, 0.25) is 0 Å². The third kappa shape index (κ3) is 2.20. The number of hydrogen-bond donors (Lipinski definition) is 1. The van der Waals surface area contributed by atoms with Crippen LogP contribution in [0.25, 0.3) is 5.65 Å². The molecule has 0 atom stereocenters. The molecule has 0 saturated carbocycles. The number of hydrogen-bond acceptors (Lipinski definition) is 2. The first-order chi connectivity index (χ1) is 8.40. The Morgan fingerprint density at radius 3 is 2.78 bits per heavy atom. The topological polar surface area (TPSA) is 54.6 Å². The van der Waals surface area contributed by atoms with Crippen molar-refractivity contribution < 1.29 is 9.90 Å². The van der Waals surface area contributed by atoms with E-state index in [1.807, 2.05) is 26.8 Å². The first-order valence-corrected chi connectivity index (χ1v) is 6.16. The van der Waals surface area contributed by atoms with Gasteiger partial charge in [-0.05, 0) is 24.5 Å². The third-order valence-corrected chi connectivity index (χ3v) is 3.07. The summed E-state index contributed by atoms with van der Waals surface area (Å²) in [6, 6.07) is 1.83. The molecule has 2 aromatic rings. The van der Waals surface area contributed by atoms with Crippen LogP contribution in [0.1, 0.15) is 36.7 Å². The average Bonchev–Trinajstić information content (AvgIpc) is 2.57. The maximum atomic E-state index is 11.0. The van der Waals surface area contributed by atoms with Gasteiger partial charge >= 0.3 is 5.97 Å². The van der Waals surface area contributed by atoms with Crippen LogP contribution in [-0.2, 0) is 11.2 Å². The van der Waals surface area contributed by atoms with Crippen molar-refractivity contribution >= 4 is 23.2 Å². The van der Waals surface area contributed by atoms with Gasteiger partial charge in [0.1, 0.15) is 5.65 Å². The molecule has 0 aliphatic heterocycles. The second kappa shape index (κ2) is 4.61. The van der Waals surface area contributed by atoms with E-state index in [0.29, 0.717) is 10.7 Å². The van der Waals surface area contributed by atoms with Crippen LogP contribution >= 0.6 is 11.6 Å². The van der Waals surface area contributed by atoms with Crippen LogP contribution in [0, 0.1) is 6.92 Å². The summed E-state index contributed by atoms with van der Waals surface area (Å²) < 4.78 is 1.79. The second-order valence-corrected chi connectivity index (χ2v) is 5.14. The molecule has 0 spiro atoms. The van der Waals surface area contributed by atoms with E-state index in [-0.39, 0.29) is 12.3 Å². The molecule has 0 saturated heterocycles. The van der Waals surface area contributed by atoms with Gasteiger partial charge in [-0.2, -0.15) is 0 Å². The molecule has 0 fully saturated rings. The summed E-state index contributed by atoms with van der Waals surface area (Å²) in [6.45, 7) is 5.93. The molecule has 0 unspecified atom stereocenters. The lowest BCUT2D eigenvalue weighted by Gasteiger charge is -2.05. The summed E-state index contributed by atoms with van der Waals surface area (Å²) in [5, 5.41) is 9.60. The van der Waals surface area contributed by atoms with E-state index in [1.165, 1.54) is 0 Å². The average molecular weight is 267 g/mol. The van der Waals surface area contributed by atoms with Crippen molar-refractivity contribution in [2.24, 2.45) is 0 Å². The predicted molar refractivity (Wildman–Crippen MR) is 70.4 cm³/mol. The number of carboxylic acids is 1. The number of imidazole rings is 1. The normalized spacial score (nSPS) is 11.4. The van der Waals surface area contributed by atoms with Crippen LogP contribution < -0.4 is 0 Å². The highest BCUT2D eigenvalue weighted by molar-refractivity contribution is 6.30.